The van der Waals surface area contributed by atoms with E-state index in [1.54, 1.807) is 0 Å². The summed E-state index contributed by atoms with van der Waals surface area (Å²) in [6.45, 7) is 0. The smallest absolute Gasteiger partial charge is 0.377 e. The molecule has 0 spiro atoms. The number of hydrogen-bond donors (Lipinski definition) is 1. The molecule has 0 unspecified atom stereocenters. The van der Waals surface area contributed by atoms with Crippen LogP contribution in [0.4, 0.5) is 4.39 Å². The van der Waals surface area contributed by atoms with Gasteiger partial charge in [0.2, 0.25) is 10.0 Å². The largest absolute Gasteiger partial charge is 0.463 e. The molecular weight excluding hydrogens is 291 g/mol. The van der Waals surface area contributed by atoms with Gasteiger partial charge in [0.1, 0.15) is 17.8 Å². The molecule has 0 aliphatic carbocycles. The highest BCUT2D eigenvalue weighted by Gasteiger charge is 2.16. The highest BCUT2D eigenvalue weighted by atomic mass is 32.2. The van der Waals surface area contributed by atoms with Gasteiger partial charge in [-0.15, -0.1) is 5.10 Å². The summed E-state index contributed by atoms with van der Waals surface area (Å²) in [5.74, 6) is -1.90. The number of aromatic nitrogens is 3. The number of benzene rings is 1. The van der Waals surface area contributed by atoms with E-state index < -0.39 is 21.8 Å². The molecule has 2 rings (SSSR count). The van der Waals surface area contributed by atoms with Gasteiger partial charge in [-0.1, -0.05) is 0 Å². The van der Waals surface area contributed by atoms with Crippen molar-refractivity contribution in [1.82, 2.24) is 14.8 Å². The Morgan fingerprint density at radius 3 is 2.70 bits per heavy atom. The third-order valence-electron chi connectivity index (χ3n) is 2.35. The highest BCUT2D eigenvalue weighted by Crippen LogP contribution is 2.16. The Labute approximate surface area is 113 Å². The summed E-state index contributed by atoms with van der Waals surface area (Å²) in [4.78, 5) is 14.5. The molecule has 0 aliphatic heterocycles. The molecule has 0 saturated carbocycles. The Balaban J connectivity index is 2.44. The van der Waals surface area contributed by atoms with E-state index in [0.29, 0.717) is 0 Å². The van der Waals surface area contributed by atoms with Crippen LogP contribution < -0.4 is 5.14 Å². The maximum atomic E-state index is 13.8. The van der Waals surface area contributed by atoms with Crippen LogP contribution in [0.5, 0.6) is 0 Å². The fourth-order valence-electron chi connectivity index (χ4n) is 1.41. The van der Waals surface area contributed by atoms with Crippen LogP contribution in [0.3, 0.4) is 0 Å². The van der Waals surface area contributed by atoms with Crippen molar-refractivity contribution in [3.63, 3.8) is 0 Å². The average Bonchev–Trinajstić information content (AvgIpc) is 2.86. The SMILES string of the molecule is COC(=O)c1ncn(-c2ccc(S(N)(=O)=O)cc2F)n1. The van der Waals surface area contributed by atoms with Crippen LogP contribution in [0.25, 0.3) is 5.69 Å². The van der Waals surface area contributed by atoms with Crippen LogP contribution in [-0.4, -0.2) is 36.3 Å². The molecule has 1 aromatic heterocycles. The normalized spacial score (nSPS) is 11.3. The van der Waals surface area contributed by atoms with Gasteiger partial charge in [0, 0.05) is 0 Å². The van der Waals surface area contributed by atoms with Gasteiger partial charge in [-0.2, -0.15) is 0 Å². The number of primary sulfonamides is 1. The molecule has 106 valence electrons. The summed E-state index contributed by atoms with van der Waals surface area (Å²) in [6, 6.07) is 3.03. The van der Waals surface area contributed by atoms with Gasteiger partial charge >= 0.3 is 5.97 Å². The Morgan fingerprint density at radius 1 is 1.45 bits per heavy atom. The summed E-state index contributed by atoms with van der Waals surface area (Å²) < 4.78 is 41.4. The molecule has 0 radical (unpaired) electrons. The van der Waals surface area contributed by atoms with E-state index in [9.17, 15) is 17.6 Å². The van der Waals surface area contributed by atoms with Gasteiger partial charge in [-0.05, 0) is 18.2 Å². The first-order valence-corrected chi connectivity index (χ1v) is 6.70. The lowest BCUT2D eigenvalue weighted by atomic mass is 10.3. The number of hydrogen-bond acceptors (Lipinski definition) is 6. The zero-order chi connectivity index (χ0) is 14.9. The number of ether oxygens (including phenoxy) is 1. The van der Waals surface area contributed by atoms with Crippen LogP contribution in [0, 0.1) is 5.82 Å². The lowest BCUT2D eigenvalue weighted by Gasteiger charge is -2.04. The van der Waals surface area contributed by atoms with Crippen LogP contribution in [0.1, 0.15) is 10.6 Å². The number of rotatable bonds is 3. The third kappa shape index (κ3) is 2.65. The minimum absolute atomic E-state index is 0.0833. The molecule has 1 aromatic carbocycles. The molecule has 0 fully saturated rings. The van der Waals surface area contributed by atoms with E-state index in [2.05, 4.69) is 14.8 Å². The molecule has 0 atom stereocenters. The summed E-state index contributed by atoms with van der Waals surface area (Å²) in [5, 5.41) is 8.60. The van der Waals surface area contributed by atoms with E-state index in [4.69, 9.17) is 5.14 Å². The zero-order valence-corrected chi connectivity index (χ0v) is 11.0. The molecule has 0 aliphatic rings. The summed E-state index contributed by atoms with van der Waals surface area (Å²) >= 11 is 0. The first kappa shape index (κ1) is 14.1. The summed E-state index contributed by atoms with van der Waals surface area (Å²) in [6.07, 6.45) is 1.10. The predicted molar refractivity (Wildman–Crippen MR) is 64.0 cm³/mol. The van der Waals surface area contributed by atoms with Crippen molar-refractivity contribution in [2.75, 3.05) is 7.11 Å². The van der Waals surface area contributed by atoms with Gasteiger partial charge in [-0.3, -0.25) is 0 Å². The Morgan fingerprint density at radius 2 is 2.15 bits per heavy atom. The number of nitrogens with zero attached hydrogens (tertiary/aromatic N) is 3. The molecule has 10 heteroatoms. The second-order valence-electron chi connectivity index (χ2n) is 3.66. The Kier molecular flexibility index (Phi) is 3.51. The van der Waals surface area contributed by atoms with Crippen molar-refractivity contribution in [3.05, 3.63) is 36.2 Å². The molecular formula is C10H9FN4O4S. The molecule has 1 heterocycles. The van der Waals surface area contributed by atoms with Crippen molar-refractivity contribution in [2.45, 2.75) is 4.90 Å². The monoisotopic (exact) mass is 300 g/mol. The molecule has 20 heavy (non-hydrogen) atoms. The first-order chi connectivity index (χ1) is 9.32. The summed E-state index contributed by atoms with van der Waals surface area (Å²) in [5.41, 5.74) is -0.0833. The number of methoxy groups -OCH3 is 1. The Hall–Kier alpha value is -2.33. The molecule has 8 nitrogen and oxygen atoms in total. The standard InChI is InChI=1S/C10H9FN4O4S/c1-19-10(16)9-13-5-15(14-9)8-3-2-6(4-7(8)11)20(12,17)18/h2-5H,1H3,(H2,12,17,18). The quantitative estimate of drug-likeness (QED) is 0.787. The minimum Gasteiger partial charge on any atom is -0.463 e. The van der Waals surface area contributed by atoms with Crippen LogP contribution in [0.15, 0.2) is 29.4 Å². The van der Waals surface area contributed by atoms with E-state index in [0.717, 1.165) is 36.3 Å². The molecule has 0 amide bonds. The van der Waals surface area contributed by atoms with Gasteiger partial charge in [0.25, 0.3) is 5.82 Å². The maximum absolute atomic E-state index is 13.8. The number of carbonyl (C=O) groups excluding carboxylic acids is 1. The van der Waals surface area contributed by atoms with E-state index in [1.807, 2.05) is 0 Å². The molecule has 2 N–H and O–H groups in total. The fraction of sp³-hybridized carbons (Fsp3) is 0.100. The predicted octanol–water partition coefficient (Wildman–Crippen LogP) is -0.160. The van der Waals surface area contributed by atoms with Crippen molar-refractivity contribution in [1.29, 1.82) is 0 Å². The number of nitrogens with two attached hydrogens (primary N) is 1. The van der Waals surface area contributed by atoms with Crippen LogP contribution in [-0.2, 0) is 14.8 Å². The number of sulfonamides is 1. The number of halogens is 1. The van der Waals surface area contributed by atoms with Crippen molar-refractivity contribution < 1.29 is 22.3 Å². The van der Waals surface area contributed by atoms with Crippen LogP contribution >= 0.6 is 0 Å². The fourth-order valence-corrected chi connectivity index (χ4v) is 1.94. The molecule has 2 aromatic rings. The van der Waals surface area contributed by atoms with E-state index >= 15 is 0 Å². The lowest BCUT2D eigenvalue weighted by molar-refractivity contribution is 0.0587. The van der Waals surface area contributed by atoms with Crippen molar-refractivity contribution >= 4 is 16.0 Å². The van der Waals surface area contributed by atoms with Gasteiger partial charge in [0.15, 0.2) is 0 Å². The third-order valence-corrected chi connectivity index (χ3v) is 3.27. The second-order valence-corrected chi connectivity index (χ2v) is 5.22. The topological polar surface area (TPSA) is 117 Å². The minimum atomic E-state index is -4.00. The summed E-state index contributed by atoms with van der Waals surface area (Å²) in [7, 11) is -2.84. The molecule has 0 bridgehead atoms. The van der Waals surface area contributed by atoms with E-state index in [1.165, 1.54) is 0 Å². The second kappa shape index (κ2) is 4.98. The van der Waals surface area contributed by atoms with Crippen molar-refractivity contribution in [3.8, 4) is 5.69 Å². The molecule has 0 saturated heterocycles. The number of esters is 1. The lowest BCUT2D eigenvalue weighted by Crippen LogP contribution is -2.13. The first-order valence-electron chi connectivity index (χ1n) is 5.15. The van der Waals surface area contributed by atoms with Crippen LogP contribution in [0.2, 0.25) is 0 Å². The van der Waals surface area contributed by atoms with E-state index in [-0.39, 0.29) is 16.4 Å². The zero-order valence-electron chi connectivity index (χ0n) is 10.1. The highest BCUT2D eigenvalue weighted by molar-refractivity contribution is 7.89. The maximum Gasteiger partial charge on any atom is 0.377 e. The van der Waals surface area contributed by atoms with Gasteiger partial charge in [-0.25, -0.2) is 32.4 Å². The van der Waals surface area contributed by atoms with Gasteiger partial charge in [0.05, 0.1) is 12.0 Å². The Bertz CT molecular complexity index is 771. The average molecular weight is 300 g/mol. The number of carbonyl (C=O) groups is 1. The van der Waals surface area contributed by atoms with Gasteiger partial charge < -0.3 is 4.74 Å². The van der Waals surface area contributed by atoms with Crippen molar-refractivity contribution in [2.24, 2.45) is 5.14 Å².